The predicted molar refractivity (Wildman–Crippen MR) is 146 cm³/mol. The first-order valence-electron chi connectivity index (χ1n) is 12.4. The number of carboxylic acids is 1. The number of rotatable bonds is 9. The van der Waals surface area contributed by atoms with Gasteiger partial charge in [0.25, 0.3) is 11.5 Å². The van der Waals surface area contributed by atoms with E-state index in [0.717, 1.165) is 16.7 Å². The number of carboxylic acid groups (broad SMARTS) is 1. The Bertz CT molecular complexity index is 1600. The van der Waals surface area contributed by atoms with Crippen LogP contribution in [0.2, 0.25) is 0 Å². The van der Waals surface area contributed by atoms with Crippen molar-refractivity contribution >= 4 is 22.8 Å². The molecule has 5 aromatic rings. The topological polar surface area (TPSA) is 93.3 Å². The molecule has 2 heterocycles. The van der Waals surface area contributed by atoms with Gasteiger partial charge in [-0.3, -0.25) is 14.4 Å². The lowest BCUT2D eigenvalue weighted by atomic mass is 9.86. The highest BCUT2D eigenvalue weighted by molar-refractivity contribution is 6.06. The van der Waals surface area contributed by atoms with Gasteiger partial charge in [0.15, 0.2) is 0 Å². The molecule has 7 nitrogen and oxygen atoms in total. The van der Waals surface area contributed by atoms with Crippen molar-refractivity contribution in [2.45, 2.75) is 19.0 Å². The van der Waals surface area contributed by atoms with Gasteiger partial charge in [-0.25, -0.2) is 0 Å². The molecule has 0 aliphatic carbocycles. The second kappa shape index (κ2) is 11.0. The Morgan fingerprint density at radius 1 is 0.763 bits per heavy atom. The van der Waals surface area contributed by atoms with Crippen LogP contribution >= 0.6 is 0 Å². The fraction of sp³-hybridized carbons (Fsp3) is 0.129. The Morgan fingerprint density at radius 3 is 2.11 bits per heavy atom. The maximum Gasteiger partial charge on any atom is 0.323 e. The summed E-state index contributed by atoms with van der Waals surface area (Å²) in [6.45, 7) is 0.390. The van der Waals surface area contributed by atoms with Crippen LogP contribution in [0.25, 0.3) is 10.9 Å². The molecule has 2 aromatic heterocycles. The third-order valence-corrected chi connectivity index (χ3v) is 6.61. The zero-order valence-electron chi connectivity index (χ0n) is 20.7. The molecule has 0 saturated carbocycles. The van der Waals surface area contributed by atoms with Crippen LogP contribution in [0.1, 0.15) is 33.0 Å². The summed E-state index contributed by atoms with van der Waals surface area (Å²) < 4.78 is 3.22. The van der Waals surface area contributed by atoms with E-state index in [-0.39, 0.29) is 30.5 Å². The first-order valence-corrected chi connectivity index (χ1v) is 12.4. The normalized spacial score (nSPS) is 11.1. The van der Waals surface area contributed by atoms with E-state index in [1.165, 1.54) is 0 Å². The number of nitrogens with zero attached hydrogens (tertiary/aromatic N) is 2. The van der Waals surface area contributed by atoms with Crippen molar-refractivity contribution in [1.82, 2.24) is 14.5 Å². The molecule has 0 radical (unpaired) electrons. The van der Waals surface area contributed by atoms with E-state index >= 15 is 0 Å². The minimum absolute atomic E-state index is 0.0358. The summed E-state index contributed by atoms with van der Waals surface area (Å²) in [5, 5.41) is 12.7. The molecular weight excluding hydrogens is 478 g/mol. The SMILES string of the molecule is O=C(O)Cn1ccc2c(C(=O)NCCn3cc(C(c4ccccc4)c4ccccc4)ccc3=O)cccc21. The smallest absolute Gasteiger partial charge is 0.323 e. The van der Waals surface area contributed by atoms with Crippen molar-refractivity contribution in [3.63, 3.8) is 0 Å². The molecule has 0 aliphatic heterocycles. The largest absolute Gasteiger partial charge is 0.480 e. The van der Waals surface area contributed by atoms with Crippen LogP contribution in [-0.2, 0) is 17.9 Å². The van der Waals surface area contributed by atoms with Crippen LogP contribution < -0.4 is 10.9 Å². The summed E-state index contributed by atoms with van der Waals surface area (Å²) in [5.41, 5.74) is 4.23. The number of nitrogens with one attached hydrogen (secondary N) is 1. The number of fused-ring (bicyclic) bond motifs is 1. The number of carbonyl (C=O) groups is 2. The van der Waals surface area contributed by atoms with Crippen molar-refractivity contribution in [2.24, 2.45) is 0 Å². The van der Waals surface area contributed by atoms with Crippen LogP contribution in [0, 0.1) is 0 Å². The first-order chi connectivity index (χ1) is 18.5. The lowest BCUT2D eigenvalue weighted by Crippen LogP contribution is -2.31. The highest BCUT2D eigenvalue weighted by Crippen LogP contribution is 2.31. The van der Waals surface area contributed by atoms with Crippen LogP contribution in [0.3, 0.4) is 0 Å². The molecule has 5 rings (SSSR count). The molecule has 0 fully saturated rings. The number of hydrogen-bond acceptors (Lipinski definition) is 3. The molecule has 2 N–H and O–H groups in total. The van der Waals surface area contributed by atoms with E-state index in [2.05, 4.69) is 29.6 Å². The van der Waals surface area contributed by atoms with Gasteiger partial charge in [0.1, 0.15) is 6.54 Å². The van der Waals surface area contributed by atoms with Gasteiger partial charge in [0.05, 0.1) is 0 Å². The fourth-order valence-corrected chi connectivity index (χ4v) is 4.85. The lowest BCUT2D eigenvalue weighted by molar-refractivity contribution is -0.137. The number of carbonyl (C=O) groups excluding carboxylic acids is 1. The standard InChI is InChI=1S/C31H27N3O4/c35-28-15-14-24(30(22-8-3-1-4-9-22)23-10-5-2-6-11-23)20-34(28)19-17-32-31(38)26-12-7-13-27-25(26)16-18-33(27)21-29(36)37/h1-16,18,20,30H,17,19,21H2,(H,32,38)(H,36,37). The Morgan fingerprint density at radius 2 is 1.45 bits per heavy atom. The highest BCUT2D eigenvalue weighted by Gasteiger charge is 2.18. The summed E-state index contributed by atoms with van der Waals surface area (Å²) in [6.07, 6.45) is 3.53. The van der Waals surface area contributed by atoms with Crippen molar-refractivity contribution in [1.29, 1.82) is 0 Å². The zero-order chi connectivity index (χ0) is 26.5. The number of aliphatic carboxylic acids is 1. The second-order valence-corrected chi connectivity index (χ2v) is 9.08. The number of hydrogen-bond donors (Lipinski definition) is 2. The molecule has 1 amide bonds. The Hall–Kier alpha value is -4.91. The monoisotopic (exact) mass is 505 g/mol. The van der Waals surface area contributed by atoms with E-state index in [1.54, 1.807) is 45.7 Å². The molecule has 0 unspecified atom stereocenters. The van der Waals surface area contributed by atoms with E-state index in [1.807, 2.05) is 48.7 Å². The molecule has 7 heteroatoms. The molecule has 0 bridgehead atoms. The quantitative estimate of drug-likeness (QED) is 0.309. The van der Waals surface area contributed by atoms with Gasteiger partial charge in [0, 0.05) is 53.9 Å². The van der Waals surface area contributed by atoms with Gasteiger partial charge in [0.2, 0.25) is 0 Å². The predicted octanol–water partition coefficient (Wildman–Crippen LogP) is 4.50. The number of benzene rings is 3. The van der Waals surface area contributed by atoms with Crippen molar-refractivity contribution < 1.29 is 14.7 Å². The van der Waals surface area contributed by atoms with Gasteiger partial charge in [-0.2, -0.15) is 0 Å². The van der Waals surface area contributed by atoms with Crippen LogP contribution in [-0.4, -0.2) is 32.7 Å². The molecule has 38 heavy (non-hydrogen) atoms. The second-order valence-electron chi connectivity index (χ2n) is 9.08. The third kappa shape index (κ3) is 5.27. The van der Waals surface area contributed by atoms with Crippen molar-refractivity contribution in [3.05, 3.63) is 142 Å². The fourth-order valence-electron chi connectivity index (χ4n) is 4.85. The Kier molecular flexibility index (Phi) is 7.17. The van der Waals surface area contributed by atoms with E-state index in [0.29, 0.717) is 23.0 Å². The lowest BCUT2D eigenvalue weighted by Gasteiger charge is -2.20. The summed E-state index contributed by atoms with van der Waals surface area (Å²) in [6, 6.07) is 30.7. The van der Waals surface area contributed by atoms with Crippen LogP contribution in [0.5, 0.6) is 0 Å². The average Bonchev–Trinajstić information content (AvgIpc) is 3.34. The number of pyridine rings is 1. The van der Waals surface area contributed by atoms with E-state index in [9.17, 15) is 14.4 Å². The summed E-state index contributed by atoms with van der Waals surface area (Å²) in [5.74, 6) is -1.27. The van der Waals surface area contributed by atoms with Crippen LogP contribution in [0.4, 0.5) is 0 Å². The van der Waals surface area contributed by atoms with Gasteiger partial charge in [-0.15, -0.1) is 0 Å². The number of amides is 1. The van der Waals surface area contributed by atoms with Crippen molar-refractivity contribution in [2.75, 3.05) is 6.54 Å². The maximum atomic E-state index is 13.0. The summed E-state index contributed by atoms with van der Waals surface area (Å²) in [7, 11) is 0. The third-order valence-electron chi connectivity index (χ3n) is 6.61. The van der Waals surface area contributed by atoms with Gasteiger partial charge < -0.3 is 19.6 Å². The van der Waals surface area contributed by atoms with Gasteiger partial charge in [-0.1, -0.05) is 72.8 Å². The highest BCUT2D eigenvalue weighted by atomic mass is 16.4. The van der Waals surface area contributed by atoms with Gasteiger partial charge in [-0.05, 0) is 34.9 Å². The molecule has 190 valence electrons. The summed E-state index contributed by atoms with van der Waals surface area (Å²) in [4.78, 5) is 36.8. The maximum absolute atomic E-state index is 13.0. The summed E-state index contributed by atoms with van der Waals surface area (Å²) >= 11 is 0. The Labute approximate surface area is 219 Å². The van der Waals surface area contributed by atoms with E-state index < -0.39 is 5.97 Å². The molecule has 3 aromatic carbocycles. The molecule has 0 spiro atoms. The van der Waals surface area contributed by atoms with Gasteiger partial charge >= 0.3 is 5.97 Å². The van der Waals surface area contributed by atoms with Crippen LogP contribution in [0.15, 0.2) is 114 Å². The molecule has 0 atom stereocenters. The molecular formula is C31H27N3O4. The molecule has 0 saturated heterocycles. The number of aromatic nitrogens is 2. The minimum atomic E-state index is -0.952. The zero-order valence-corrected chi connectivity index (χ0v) is 20.7. The average molecular weight is 506 g/mol. The first kappa shape index (κ1) is 24.8. The van der Waals surface area contributed by atoms with E-state index in [4.69, 9.17) is 5.11 Å². The Balaban J connectivity index is 1.35. The molecule has 0 aliphatic rings. The minimum Gasteiger partial charge on any atom is -0.480 e. The van der Waals surface area contributed by atoms with Crippen molar-refractivity contribution in [3.8, 4) is 0 Å².